The zero-order valence-electron chi connectivity index (χ0n) is 8.18. The standard InChI is InChI=1S/C11H14ClNO/c1-7-5-11(14)8(6-9(7)12)10-3-2-4-13-10/h5-6,10,13-14H,2-4H2,1H3/t10-/m0/s1. The van der Waals surface area contributed by atoms with Gasteiger partial charge in [-0.05, 0) is 44.0 Å². The number of hydrogen-bond acceptors (Lipinski definition) is 2. The Morgan fingerprint density at radius 1 is 1.50 bits per heavy atom. The van der Waals surface area contributed by atoms with E-state index in [0.717, 1.165) is 35.5 Å². The zero-order valence-corrected chi connectivity index (χ0v) is 8.93. The van der Waals surface area contributed by atoms with Gasteiger partial charge in [0.1, 0.15) is 5.75 Å². The second-order valence-corrected chi connectivity index (χ2v) is 4.22. The number of phenolic OH excluding ortho intramolecular Hbond substituents is 1. The van der Waals surface area contributed by atoms with E-state index in [4.69, 9.17) is 11.6 Å². The van der Waals surface area contributed by atoms with Crippen molar-refractivity contribution in [3.63, 3.8) is 0 Å². The first-order valence-electron chi connectivity index (χ1n) is 4.91. The second-order valence-electron chi connectivity index (χ2n) is 3.81. The van der Waals surface area contributed by atoms with Gasteiger partial charge in [-0.2, -0.15) is 0 Å². The first kappa shape index (κ1) is 9.81. The van der Waals surface area contributed by atoms with Gasteiger partial charge < -0.3 is 10.4 Å². The highest BCUT2D eigenvalue weighted by Crippen LogP contribution is 2.33. The predicted molar refractivity (Wildman–Crippen MR) is 57.8 cm³/mol. The van der Waals surface area contributed by atoms with Crippen LogP contribution < -0.4 is 5.32 Å². The number of aromatic hydroxyl groups is 1. The monoisotopic (exact) mass is 211 g/mol. The van der Waals surface area contributed by atoms with Gasteiger partial charge >= 0.3 is 0 Å². The summed E-state index contributed by atoms with van der Waals surface area (Å²) in [4.78, 5) is 0. The Morgan fingerprint density at radius 3 is 2.93 bits per heavy atom. The lowest BCUT2D eigenvalue weighted by Gasteiger charge is -2.13. The van der Waals surface area contributed by atoms with E-state index >= 15 is 0 Å². The SMILES string of the molecule is Cc1cc(O)c([C@@H]2CCCN2)cc1Cl. The van der Waals surface area contributed by atoms with Crippen LogP contribution in [-0.4, -0.2) is 11.7 Å². The lowest BCUT2D eigenvalue weighted by Crippen LogP contribution is -2.13. The molecule has 1 fully saturated rings. The molecule has 1 aliphatic heterocycles. The van der Waals surface area contributed by atoms with Crippen molar-refractivity contribution in [3.8, 4) is 5.75 Å². The highest BCUT2D eigenvalue weighted by Gasteiger charge is 2.19. The van der Waals surface area contributed by atoms with Crippen molar-refractivity contribution in [2.75, 3.05) is 6.54 Å². The minimum atomic E-state index is 0.271. The van der Waals surface area contributed by atoms with Crippen LogP contribution in [0.5, 0.6) is 5.75 Å². The van der Waals surface area contributed by atoms with Crippen LogP contribution in [0.25, 0.3) is 0 Å². The molecule has 1 aromatic carbocycles. The molecule has 0 spiro atoms. The highest BCUT2D eigenvalue weighted by molar-refractivity contribution is 6.31. The summed E-state index contributed by atoms with van der Waals surface area (Å²) in [5.74, 6) is 0.353. The van der Waals surface area contributed by atoms with Gasteiger partial charge in [0.25, 0.3) is 0 Å². The van der Waals surface area contributed by atoms with E-state index in [9.17, 15) is 5.11 Å². The lowest BCUT2D eigenvalue weighted by molar-refractivity contribution is 0.456. The molecule has 2 N–H and O–H groups in total. The van der Waals surface area contributed by atoms with Gasteiger partial charge in [-0.25, -0.2) is 0 Å². The van der Waals surface area contributed by atoms with Gasteiger partial charge in [0.05, 0.1) is 0 Å². The van der Waals surface area contributed by atoms with Crippen molar-refractivity contribution >= 4 is 11.6 Å². The molecule has 1 heterocycles. The normalized spacial score (nSPS) is 21.4. The summed E-state index contributed by atoms with van der Waals surface area (Å²) in [6, 6.07) is 3.88. The number of nitrogens with one attached hydrogen (secondary N) is 1. The molecular weight excluding hydrogens is 198 g/mol. The number of hydrogen-bond donors (Lipinski definition) is 2. The van der Waals surface area contributed by atoms with E-state index in [2.05, 4.69) is 5.32 Å². The molecule has 0 aliphatic carbocycles. The molecule has 0 bridgehead atoms. The molecule has 14 heavy (non-hydrogen) atoms. The van der Waals surface area contributed by atoms with Crippen molar-refractivity contribution in [1.82, 2.24) is 5.32 Å². The first-order valence-corrected chi connectivity index (χ1v) is 5.28. The summed E-state index contributed by atoms with van der Waals surface area (Å²) in [7, 11) is 0. The molecule has 2 nitrogen and oxygen atoms in total. The van der Waals surface area contributed by atoms with E-state index in [1.165, 1.54) is 0 Å². The first-order chi connectivity index (χ1) is 6.68. The molecule has 0 saturated carbocycles. The van der Waals surface area contributed by atoms with Crippen molar-refractivity contribution in [1.29, 1.82) is 0 Å². The Balaban J connectivity index is 2.37. The number of halogens is 1. The summed E-state index contributed by atoms with van der Waals surface area (Å²) in [5, 5.41) is 13.8. The predicted octanol–water partition coefficient (Wildman–Crippen LogP) is 2.78. The third-order valence-electron chi connectivity index (χ3n) is 2.74. The van der Waals surface area contributed by atoms with E-state index < -0.39 is 0 Å². The molecule has 0 aromatic heterocycles. The van der Waals surface area contributed by atoms with Crippen LogP contribution >= 0.6 is 11.6 Å². The Bertz CT molecular complexity index is 345. The largest absolute Gasteiger partial charge is 0.508 e. The minimum Gasteiger partial charge on any atom is -0.508 e. The van der Waals surface area contributed by atoms with E-state index in [-0.39, 0.29) is 6.04 Å². The van der Waals surface area contributed by atoms with E-state index in [1.54, 1.807) is 6.07 Å². The van der Waals surface area contributed by atoms with Gasteiger partial charge in [-0.3, -0.25) is 0 Å². The highest BCUT2D eigenvalue weighted by atomic mass is 35.5. The minimum absolute atomic E-state index is 0.271. The van der Waals surface area contributed by atoms with Crippen LogP contribution in [0.15, 0.2) is 12.1 Å². The number of rotatable bonds is 1. The van der Waals surface area contributed by atoms with Gasteiger partial charge in [0, 0.05) is 16.6 Å². The summed E-state index contributed by atoms with van der Waals surface area (Å²) in [5.41, 5.74) is 1.85. The average molecular weight is 212 g/mol. The molecule has 76 valence electrons. The molecule has 0 unspecified atom stereocenters. The summed E-state index contributed by atoms with van der Waals surface area (Å²) in [6.07, 6.45) is 2.24. The molecule has 2 rings (SSSR count). The topological polar surface area (TPSA) is 32.3 Å². The maximum atomic E-state index is 9.78. The van der Waals surface area contributed by atoms with Crippen molar-refractivity contribution in [2.45, 2.75) is 25.8 Å². The fourth-order valence-corrected chi connectivity index (χ4v) is 2.08. The lowest BCUT2D eigenvalue weighted by atomic mass is 10.0. The molecule has 0 radical (unpaired) electrons. The van der Waals surface area contributed by atoms with Crippen LogP contribution in [0, 0.1) is 6.92 Å². The molecule has 0 amide bonds. The zero-order chi connectivity index (χ0) is 10.1. The summed E-state index contributed by atoms with van der Waals surface area (Å²) < 4.78 is 0. The molecule has 1 saturated heterocycles. The van der Waals surface area contributed by atoms with Gasteiger partial charge in [0.2, 0.25) is 0 Å². The fourth-order valence-electron chi connectivity index (χ4n) is 1.91. The van der Waals surface area contributed by atoms with E-state index in [1.807, 2.05) is 13.0 Å². The maximum Gasteiger partial charge on any atom is 0.120 e. The Kier molecular flexibility index (Phi) is 2.66. The number of phenols is 1. The van der Waals surface area contributed by atoms with Crippen LogP contribution in [0.2, 0.25) is 5.02 Å². The molecule has 1 aliphatic rings. The van der Waals surface area contributed by atoms with E-state index in [0.29, 0.717) is 5.75 Å². The van der Waals surface area contributed by atoms with Crippen molar-refractivity contribution in [2.24, 2.45) is 0 Å². The van der Waals surface area contributed by atoms with Crippen LogP contribution in [0.4, 0.5) is 0 Å². The second kappa shape index (κ2) is 3.79. The number of benzene rings is 1. The fraction of sp³-hybridized carbons (Fsp3) is 0.455. The van der Waals surface area contributed by atoms with Crippen molar-refractivity contribution in [3.05, 3.63) is 28.3 Å². The molecule has 1 atom stereocenters. The average Bonchev–Trinajstić information content (AvgIpc) is 2.64. The maximum absolute atomic E-state index is 9.78. The summed E-state index contributed by atoms with van der Waals surface area (Å²) in [6.45, 7) is 2.92. The molecular formula is C11H14ClNO. The Morgan fingerprint density at radius 2 is 2.29 bits per heavy atom. The number of aryl methyl sites for hydroxylation is 1. The Hall–Kier alpha value is -0.730. The third-order valence-corrected chi connectivity index (χ3v) is 3.15. The quantitative estimate of drug-likeness (QED) is 0.749. The van der Waals surface area contributed by atoms with Crippen LogP contribution in [0.3, 0.4) is 0 Å². The Labute approximate surface area is 88.9 Å². The van der Waals surface area contributed by atoms with Crippen LogP contribution in [-0.2, 0) is 0 Å². The van der Waals surface area contributed by atoms with Gasteiger partial charge in [-0.1, -0.05) is 11.6 Å². The van der Waals surface area contributed by atoms with Crippen molar-refractivity contribution < 1.29 is 5.11 Å². The van der Waals surface area contributed by atoms with Crippen LogP contribution in [0.1, 0.15) is 30.0 Å². The van der Waals surface area contributed by atoms with Gasteiger partial charge in [0.15, 0.2) is 0 Å². The summed E-state index contributed by atoms with van der Waals surface area (Å²) >= 11 is 6.03. The molecule has 3 heteroatoms. The smallest absolute Gasteiger partial charge is 0.120 e. The molecule has 1 aromatic rings. The van der Waals surface area contributed by atoms with Gasteiger partial charge in [-0.15, -0.1) is 0 Å². The third kappa shape index (κ3) is 1.72.